The number of hydrogen-bond acceptors (Lipinski definition) is 2. The molecule has 0 bridgehead atoms. The summed E-state index contributed by atoms with van der Waals surface area (Å²) in [6, 6.07) is 7.69. The average Bonchev–Trinajstić information content (AvgIpc) is 2.50. The Balaban J connectivity index is 3.21. The maximum absolute atomic E-state index is 13.0. The van der Waals surface area contributed by atoms with Crippen molar-refractivity contribution in [1.82, 2.24) is 4.90 Å². The number of carbonyl (C=O) groups is 1. The first-order valence-corrected chi connectivity index (χ1v) is 8.04. The van der Waals surface area contributed by atoms with Gasteiger partial charge in [0.05, 0.1) is 6.61 Å². The van der Waals surface area contributed by atoms with Crippen LogP contribution in [0.25, 0.3) is 0 Å². The Morgan fingerprint density at radius 2 is 1.81 bits per heavy atom. The fraction of sp³-hybridized carbons (Fsp3) is 0.611. The Labute approximate surface area is 129 Å². The van der Waals surface area contributed by atoms with E-state index in [-0.39, 0.29) is 18.1 Å². The van der Waals surface area contributed by atoms with Gasteiger partial charge in [0.25, 0.3) is 5.91 Å². The molecule has 0 saturated heterocycles. The number of aryl methyl sites for hydroxylation is 1. The summed E-state index contributed by atoms with van der Waals surface area (Å²) in [5.41, 5.74) is 1.58. The number of β-amino-alcohol motifs (C(OH)–C–C–N with tert-alkyl or cyclic N) is 1. The maximum Gasteiger partial charge on any atom is 0.254 e. The van der Waals surface area contributed by atoms with E-state index in [1.807, 2.05) is 36.1 Å². The smallest absolute Gasteiger partial charge is 0.254 e. The van der Waals surface area contributed by atoms with Gasteiger partial charge in [0.2, 0.25) is 0 Å². The number of carbonyl (C=O) groups excluding carboxylic acids is 1. The number of rotatable bonds is 8. The second kappa shape index (κ2) is 8.18. The van der Waals surface area contributed by atoms with Gasteiger partial charge in [0.15, 0.2) is 0 Å². The standard InChI is InChI=1S/C18H29NO2/c1-5-12-18(6-2,7-3)19(13-14-20)17(21)16-11-9-8-10-15(16)4/h8-11,20H,5-7,12-14H2,1-4H3. The molecule has 1 N–H and O–H groups in total. The highest BCUT2D eigenvalue weighted by molar-refractivity contribution is 5.96. The minimum absolute atomic E-state index is 0.00306. The Hall–Kier alpha value is -1.35. The number of benzene rings is 1. The maximum atomic E-state index is 13.0. The van der Waals surface area contributed by atoms with Crippen LogP contribution in [-0.4, -0.2) is 34.6 Å². The lowest BCUT2D eigenvalue weighted by molar-refractivity contribution is 0.0333. The fourth-order valence-corrected chi connectivity index (χ4v) is 3.20. The van der Waals surface area contributed by atoms with Crippen molar-refractivity contribution in [1.29, 1.82) is 0 Å². The lowest BCUT2D eigenvalue weighted by Crippen LogP contribution is -2.52. The van der Waals surface area contributed by atoms with Crippen LogP contribution in [-0.2, 0) is 0 Å². The third kappa shape index (κ3) is 3.85. The summed E-state index contributed by atoms with van der Waals surface area (Å²) in [6.07, 6.45) is 3.83. The van der Waals surface area contributed by atoms with Gasteiger partial charge in [0.1, 0.15) is 0 Å². The molecule has 0 saturated carbocycles. The first-order valence-electron chi connectivity index (χ1n) is 8.04. The number of aliphatic hydroxyl groups excluding tert-OH is 1. The van der Waals surface area contributed by atoms with Gasteiger partial charge in [-0.3, -0.25) is 4.79 Å². The van der Waals surface area contributed by atoms with E-state index >= 15 is 0 Å². The van der Waals surface area contributed by atoms with Crippen molar-refractivity contribution >= 4 is 5.91 Å². The van der Waals surface area contributed by atoms with Crippen LogP contribution < -0.4 is 0 Å². The molecular weight excluding hydrogens is 262 g/mol. The summed E-state index contributed by atoms with van der Waals surface area (Å²) < 4.78 is 0. The second-order valence-electron chi connectivity index (χ2n) is 5.68. The molecule has 3 nitrogen and oxygen atoms in total. The van der Waals surface area contributed by atoms with E-state index in [9.17, 15) is 9.90 Å². The molecule has 118 valence electrons. The molecule has 0 heterocycles. The topological polar surface area (TPSA) is 40.5 Å². The third-order valence-corrected chi connectivity index (χ3v) is 4.55. The van der Waals surface area contributed by atoms with Crippen LogP contribution >= 0.6 is 0 Å². The van der Waals surface area contributed by atoms with E-state index in [0.29, 0.717) is 6.54 Å². The zero-order valence-corrected chi connectivity index (χ0v) is 13.9. The fourth-order valence-electron chi connectivity index (χ4n) is 3.20. The lowest BCUT2D eigenvalue weighted by Gasteiger charge is -2.43. The minimum atomic E-state index is -0.156. The minimum Gasteiger partial charge on any atom is -0.395 e. The van der Waals surface area contributed by atoms with Crippen LogP contribution in [0.15, 0.2) is 24.3 Å². The van der Waals surface area contributed by atoms with E-state index in [0.717, 1.165) is 36.8 Å². The molecule has 0 radical (unpaired) electrons. The molecule has 0 aliphatic heterocycles. The van der Waals surface area contributed by atoms with E-state index in [1.165, 1.54) is 0 Å². The Bertz CT molecular complexity index is 452. The highest BCUT2D eigenvalue weighted by Crippen LogP contribution is 2.31. The van der Waals surface area contributed by atoms with Crippen LogP contribution in [0.1, 0.15) is 62.4 Å². The summed E-state index contributed by atoms with van der Waals surface area (Å²) in [5.74, 6) is 0.0410. The van der Waals surface area contributed by atoms with E-state index in [4.69, 9.17) is 0 Å². The molecule has 0 unspecified atom stereocenters. The summed E-state index contributed by atoms with van der Waals surface area (Å²) in [4.78, 5) is 14.9. The van der Waals surface area contributed by atoms with Crippen LogP contribution in [0.2, 0.25) is 0 Å². The summed E-state index contributed by atoms with van der Waals surface area (Å²) in [5, 5.41) is 9.43. The molecule has 1 aromatic rings. The van der Waals surface area contributed by atoms with Crippen molar-refractivity contribution in [2.45, 2.75) is 58.9 Å². The number of aliphatic hydroxyl groups is 1. The summed E-state index contributed by atoms with van der Waals surface area (Å²) >= 11 is 0. The van der Waals surface area contributed by atoms with Gasteiger partial charge >= 0.3 is 0 Å². The van der Waals surface area contributed by atoms with Gasteiger partial charge in [-0.2, -0.15) is 0 Å². The third-order valence-electron chi connectivity index (χ3n) is 4.55. The molecule has 0 aromatic heterocycles. The van der Waals surface area contributed by atoms with E-state index in [2.05, 4.69) is 20.8 Å². The molecular formula is C18H29NO2. The van der Waals surface area contributed by atoms with Gasteiger partial charge in [-0.05, 0) is 37.8 Å². The molecule has 21 heavy (non-hydrogen) atoms. The Kier molecular flexibility index (Phi) is 6.90. The quantitative estimate of drug-likeness (QED) is 0.791. The zero-order chi connectivity index (χ0) is 15.9. The van der Waals surface area contributed by atoms with Crippen molar-refractivity contribution in [3.63, 3.8) is 0 Å². The Morgan fingerprint density at radius 1 is 1.19 bits per heavy atom. The normalized spacial score (nSPS) is 11.5. The summed E-state index contributed by atoms with van der Waals surface area (Å²) in [7, 11) is 0. The molecule has 1 aromatic carbocycles. The SMILES string of the molecule is CCCC(CC)(CC)N(CCO)C(=O)c1ccccc1C. The predicted octanol–water partition coefficient (Wildman–Crippen LogP) is 3.79. The second-order valence-corrected chi connectivity index (χ2v) is 5.68. The van der Waals surface area contributed by atoms with Crippen molar-refractivity contribution in [2.24, 2.45) is 0 Å². The van der Waals surface area contributed by atoms with E-state index < -0.39 is 0 Å². The van der Waals surface area contributed by atoms with Gasteiger partial charge in [-0.25, -0.2) is 0 Å². The monoisotopic (exact) mass is 291 g/mol. The van der Waals surface area contributed by atoms with Gasteiger partial charge in [0, 0.05) is 17.6 Å². The lowest BCUT2D eigenvalue weighted by atomic mass is 9.85. The first kappa shape index (κ1) is 17.7. The molecule has 0 fully saturated rings. The molecule has 0 aliphatic carbocycles. The van der Waals surface area contributed by atoms with Crippen LogP contribution in [0.5, 0.6) is 0 Å². The molecule has 0 atom stereocenters. The Morgan fingerprint density at radius 3 is 2.29 bits per heavy atom. The highest BCUT2D eigenvalue weighted by Gasteiger charge is 2.36. The van der Waals surface area contributed by atoms with Crippen LogP contribution in [0, 0.1) is 6.92 Å². The van der Waals surface area contributed by atoms with E-state index in [1.54, 1.807) is 0 Å². The van der Waals surface area contributed by atoms with Crippen molar-refractivity contribution < 1.29 is 9.90 Å². The van der Waals surface area contributed by atoms with Gasteiger partial charge < -0.3 is 10.0 Å². The molecule has 3 heteroatoms. The summed E-state index contributed by atoms with van der Waals surface area (Å²) in [6.45, 7) is 8.78. The van der Waals surface area contributed by atoms with Crippen molar-refractivity contribution in [3.8, 4) is 0 Å². The largest absolute Gasteiger partial charge is 0.395 e. The highest BCUT2D eigenvalue weighted by atomic mass is 16.3. The molecule has 1 amide bonds. The zero-order valence-electron chi connectivity index (χ0n) is 13.9. The van der Waals surface area contributed by atoms with Gasteiger partial charge in [-0.15, -0.1) is 0 Å². The van der Waals surface area contributed by atoms with Crippen molar-refractivity contribution in [2.75, 3.05) is 13.2 Å². The molecule has 0 aliphatic rings. The average molecular weight is 291 g/mol. The number of amides is 1. The van der Waals surface area contributed by atoms with Gasteiger partial charge in [-0.1, -0.05) is 45.4 Å². The van der Waals surface area contributed by atoms with Crippen LogP contribution in [0.4, 0.5) is 0 Å². The van der Waals surface area contributed by atoms with Crippen LogP contribution in [0.3, 0.4) is 0 Å². The predicted molar refractivity (Wildman–Crippen MR) is 87.5 cm³/mol. The number of nitrogens with zero attached hydrogens (tertiary/aromatic N) is 1. The number of hydrogen-bond donors (Lipinski definition) is 1. The van der Waals surface area contributed by atoms with Crippen molar-refractivity contribution in [3.05, 3.63) is 35.4 Å². The molecule has 0 spiro atoms. The molecule has 1 rings (SSSR count). The first-order chi connectivity index (χ1) is 10.1.